The first-order valence-electron chi connectivity index (χ1n) is 5.39. The molecule has 94 valence electrons. The lowest BCUT2D eigenvalue weighted by Crippen LogP contribution is -2.31. The summed E-state index contributed by atoms with van der Waals surface area (Å²) < 4.78 is 17.3. The molecule has 1 aromatic rings. The van der Waals surface area contributed by atoms with Crippen molar-refractivity contribution in [2.45, 2.75) is 10.9 Å². The Morgan fingerprint density at radius 2 is 2.24 bits per heavy atom. The summed E-state index contributed by atoms with van der Waals surface area (Å²) in [7, 11) is 1.66. The summed E-state index contributed by atoms with van der Waals surface area (Å²) >= 11 is 7.22. The van der Waals surface area contributed by atoms with Crippen LogP contribution in [0.3, 0.4) is 0 Å². The second-order valence-electron chi connectivity index (χ2n) is 3.77. The minimum absolute atomic E-state index is 0.0495. The van der Waals surface area contributed by atoms with Crippen molar-refractivity contribution in [3.05, 3.63) is 28.2 Å². The molecule has 0 spiro atoms. The molecule has 1 heterocycles. The second kappa shape index (κ2) is 6.18. The fourth-order valence-corrected chi connectivity index (χ4v) is 3.35. The summed E-state index contributed by atoms with van der Waals surface area (Å²) in [6.07, 6.45) is 0.0495. The van der Waals surface area contributed by atoms with Gasteiger partial charge in [0, 0.05) is 4.47 Å². The quantitative estimate of drug-likeness (QED) is 0.769. The van der Waals surface area contributed by atoms with Crippen molar-refractivity contribution >= 4 is 31.9 Å². The first-order valence-corrected chi connectivity index (χ1v) is 7.10. The molecule has 5 heteroatoms. The van der Waals surface area contributed by atoms with Crippen LogP contribution in [-0.4, -0.2) is 33.0 Å². The minimum atomic E-state index is 0.0495. The highest BCUT2D eigenvalue weighted by Crippen LogP contribution is 2.36. The Bertz CT molecular complexity index is 378. The van der Waals surface area contributed by atoms with E-state index in [1.165, 1.54) is 0 Å². The molecule has 0 aromatic heterocycles. The molecule has 0 amide bonds. The zero-order valence-electron chi connectivity index (χ0n) is 9.49. The van der Waals surface area contributed by atoms with Gasteiger partial charge in [-0.1, -0.05) is 37.9 Å². The third kappa shape index (κ3) is 3.22. The van der Waals surface area contributed by atoms with Gasteiger partial charge in [0.05, 0.1) is 37.9 Å². The topological polar surface area (TPSA) is 27.7 Å². The number of benzene rings is 1. The maximum absolute atomic E-state index is 5.68. The van der Waals surface area contributed by atoms with E-state index in [4.69, 9.17) is 14.2 Å². The Morgan fingerprint density at radius 3 is 2.82 bits per heavy atom. The number of hydrogen-bond donors (Lipinski definition) is 0. The Labute approximate surface area is 118 Å². The van der Waals surface area contributed by atoms with E-state index < -0.39 is 0 Å². The molecule has 1 saturated heterocycles. The van der Waals surface area contributed by atoms with E-state index >= 15 is 0 Å². The first kappa shape index (κ1) is 13.3. The lowest BCUT2D eigenvalue weighted by atomic mass is 10.1. The van der Waals surface area contributed by atoms with Gasteiger partial charge >= 0.3 is 0 Å². The number of hydrogen-bond acceptors (Lipinski definition) is 3. The molecule has 1 fully saturated rings. The van der Waals surface area contributed by atoms with E-state index in [2.05, 4.69) is 31.9 Å². The van der Waals surface area contributed by atoms with E-state index in [0.717, 1.165) is 15.8 Å². The molecule has 17 heavy (non-hydrogen) atoms. The predicted molar refractivity (Wildman–Crippen MR) is 72.9 cm³/mol. The second-order valence-corrected chi connectivity index (χ2v) is 5.61. The van der Waals surface area contributed by atoms with Crippen LogP contribution in [-0.2, 0) is 9.47 Å². The molecule has 1 aromatic carbocycles. The van der Waals surface area contributed by atoms with Crippen LogP contribution in [0.4, 0.5) is 0 Å². The third-order valence-corrected chi connectivity index (χ3v) is 4.44. The van der Waals surface area contributed by atoms with Gasteiger partial charge in [-0.3, -0.25) is 0 Å². The Kier molecular flexibility index (Phi) is 4.85. The zero-order chi connectivity index (χ0) is 12.3. The van der Waals surface area contributed by atoms with Gasteiger partial charge in [0.2, 0.25) is 0 Å². The van der Waals surface area contributed by atoms with Crippen LogP contribution in [0, 0.1) is 0 Å². The van der Waals surface area contributed by atoms with Crippen molar-refractivity contribution in [3.63, 3.8) is 0 Å². The third-order valence-electron chi connectivity index (χ3n) is 2.67. The van der Waals surface area contributed by atoms with Crippen LogP contribution >= 0.6 is 31.9 Å². The molecular formula is C12H14Br2O3. The minimum Gasteiger partial charge on any atom is -0.497 e. The van der Waals surface area contributed by atoms with Gasteiger partial charge in [-0.2, -0.15) is 0 Å². The molecule has 1 aliphatic rings. The maximum Gasteiger partial charge on any atom is 0.120 e. The van der Waals surface area contributed by atoms with Crippen molar-refractivity contribution in [1.29, 1.82) is 0 Å². The van der Waals surface area contributed by atoms with Gasteiger partial charge in [-0.05, 0) is 17.7 Å². The van der Waals surface area contributed by atoms with Crippen molar-refractivity contribution in [1.82, 2.24) is 0 Å². The van der Waals surface area contributed by atoms with Gasteiger partial charge in [-0.25, -0.2) is 0 Å². The number of methoxy groups -OCH3 is 1. The van der Waals surface area contributed by atoms with Gasteiger partial charge in [-0.15, -0.1) is 0 Å². The van der Waals surface area contributed by atoms with Crippen molar-refractivity contribution in [2.75, 3.05) is 26.9 Å². The maximum atomic E-state index is 5.68. The molecule has 1 aliphatic heterocycles. The van der Waals surface area contributed by atoms with Crippen LogP contribution in [0.2, 0.25) is 0 Å². The number of halogens is 2. The lowest BCUT2D eigenvalue weighted by molar-refractivity contribution is -0.0877. The number of rotatable bonds is 3. The average Bonchev–Trinajstić information content (AvgIpc) is 2.39. The fourth-order valence-electron chi connectivity index (χ4n) is 1.73. The molecule has 0 saturated carbocycles. The normalized spacial score (nSPS) is 22.2. The summed E-state index contributed by atoms with van der Waals surface area (Å²) in [5.74, 6) is 0.834. The summed E-state index contributed by atoms with van der Waals surface area (Å²) in [6.45, 7) is 1.95. The van der Waals surface area contributed by atoms with E-state index in [1.54, 1.807) is 7.11 Å². The molecular weight excluding hydrogens is 352 g/mol. The first-order chi connectivity index (χ1) is 8.22. The molecule has 2 rings (SSSR count). The summed E-state index contributed by atoms with van der Waals surface area (Å²) in [5, 5.41) is 0. The van der Waals surface area contributed by atoms with Crippen LogP contribution < -0.4 is 4.74 Å². The van der Waals surface area contributed by atoms with Crippen LogP contribution in [0.25, 0.3) is 0 Å². The van der Waals surface area contributed by atoms with E-state index in [-0.39, 0.29) is 10.9 Å². The highest BCUT2D eigenvalue weighted by Gasteiger charge is 2.25. The fraction of sp³-hybridized carbons (Fsp3) is 0.500. The van der Waals surface area contributed by atoms with Crippen molar-refractivity contribution < 1.29 is 14.2 Å². The SMILES string of the molecule is COc1ccc(C(Br)C2COCCO2)c(Br)c1. The Morgan fingerprint density at radius 1 is 1.41 bits per heavy atom. The van der Waals surface area contributed by atoms with Crippen LogP contribution in [0.15, 0.2) is 22.7 Å². The molecule has 0 aliphatic carbocycles. The zero-order valence-corrected chi connectivity index (χ0v) is 12.7. The molecule has 2 unspecified atom stereocenters. The summed E-state index contributed by atoms with van der Waals surface area (Å²) in [6, 6.07) is 5.92. The van der Waals surface area contributed by atoms with E-state index in [0.29, 0.717) is 19.8 Å². The van der Waals surface area contributed by atoms with Gasteiger partial charge < -0.3 is 14.2 Å². The largest absolute Gasteiger partial charge is 0.497 e. The molecule has 2 atom stereocenters. The average molecular weight is 366 g/mol. The van der Waals surface area contributed by atoms with Crippen LogP contribution in [0.1, 0.15) is 10.4 Å². The molecule has 3 nitrogen and oxygen atoms in total. The monoisotopic (exact) mass is 364 g/mol. The number of ether oxygens (including phenoxy) is 3. The van der Waals surface area contributed by atoms with Gasteiger partial charge in [0.25, 0.3) is 0 Å². The predicted octanol–water partition coefficient (Wildman–Crippen LogP) is 3.31. The molecule has 0 N–H and O–H groups in total. The van der Waals surface area contributed by atoms with Gasteiger partial charge in [0.15, 0.2) is 0 Å². The van der Waals surface area contributed by atoms with E-state index in [1.807, 2.05) is 18.2 Å². The lowest BCUT2D eigenvalue weighted by Gasteiger charge is -2.27. The molecule has 0 radical (unpaired) electrons. The molecule has 0 bridgehead atoms. The Hall–Kier alpha value is -0.100. The van der Waals surface area contributed by atoms with E-state index in [9.17, 15) is 0 Å². The highest BCUT2D eigenvalue weighted by molar-refractivity contribution is 9.11. The van der Waals surface area contributed by atoms with Crippen molar-refractivity contribution in [2.24, 2.45) is 0 Å². The van der Waals surface area contributed by atoms with Crippen LogP contribution in [0.5, 0.6) is 5.75 Å². The number of alkyl halides is 1. The van der Waals surface area contributed by atoms with Gasteiger partial charge in [0.1, 0.15) is 5.75 Å². The standard InChI is InChI=1S/C12H14Br2O3/c1-15-8-2-3-9(10(13)6-8)12(14)11-7-16-4-5-17-11/h2-3,6,11-12H,4-5,7H2,1H3. The smallest absolute Gasteiger partial charge is 0.120 e. The summed E-state index contributed by atoms with van der Waals surface area (Å²) in [4.78, 5) is 0.114. The highest BCUT2D eigenvalue weighted by atomic mass is 79.9. The Balaban J connectivity index is 2.15. The summed E-state index contributed by atoms with van der Waals surface area (Å²) in [5.41, 5.74) is 1.14. The van der Waals surface area contributed by atoms with Crippen molar-refractivity contribution in [3.8, 4) is 5.75 Å².